The molecule has 0 aliphatic rings. The van der Waals surface area contributed by atoms with E-state index in [1.165, 1.54) is 24.0 Å². The third-order valence-electron chi connectivity index (χ3n) is 3.62. The normalized spacial score (nSPS) is 8.85. The van der Waals surface area contributed by atoms with Gasteiger partial charge in [0.25, 0.3) is 0 Å². The molecule has 0 heterocycles. The van der Waals surface area contributed by atoms with E-state index in [2.05, 4.69) is 38.1 Å². The van der Waals surface area contributed by atoms with E-state index in [9.17, 15) is 4.79 Å². The average molecular weight is 373 g/mol. The SMILES string of the molecule is CC.CC.CCCc1ccc(CC=O)cc1.CCCc1ccc(CO)cc1. The maximum atomic E-state index is 10.2. The van der Waals surface area contributed by atoms with Crippen LogP contribution in [0, 0.1) is 0 Å². The van der Waals surface area contributed by atoms with Gasteiger partial charge in [0.15, 0.2) is 0 Å². The molecule has 0 atom stereocenters. The highest BCUT2D eigenvalue weighted by molar-refractivity contribution is 5.54. The Hall–Kier alpha value is -1.93. The number of rotatable bonds is 7. The van der Waals surface area contributed by atoms with Crippen LogP contribution in [-0.2, 0) is 30.7 Å². The Morgan fingerprint density at radius 1 is 0.667 bits per heavy atom. The molecule has 1 N–H and O–H groups in total. The largest absolute Gasteiger partial charge is 0.392 e. The molecule has 27 heavy (non-hydrogen) atoms. The molecule has 152 valence electrons. The fourth-order valence-electron chi connectivity index (χ4n) is 2.33. The van der Waals surface area contributed by atoms with Crippen LogP contribution in [0.1, 0.15) is 76.6 Å². The monoisotopic (exact) mass is 372 g/mol. The van der Waals surface area contributed by atoms with Crippen LogP contribution in [0.25, 0.3) is 0 Å². The van der Waals surface area contributed by atoms with E-state index in [1.807, 2.05) is 52.0 Å². The van der Waals surface area contributed by atoms with Gasteiger partial charge in [-0.15, -0.1) is 0 Å². The lowest BCUT2D eigenvalue weighted by Crippen LogP contribution is -1.87. The van der Waals surface area contributed by atoms with Crippen LogP contribution in [-0.4, -0.2) is 11.4 Å². The van der Waals surface area contributed by atoms with Gasteiger partial charge < -0.3 is 9.90 Å². The Balaban J connectivity index is 0. The van der Waals surface area contributed by atoms with Crippen LogP contribution in [0.3, 0.4) is 0 Å². The van der Waals surface area contributed by atoms with Gasteiger partial charge >= 0.3 is 0 Å². The van der Waals surface area contributed by atoms with Crippen molar-refractivity contribution in [3.63, 3.8) is 0 Å². The predicted octanol–water partition coefficient (Wildman–Crippen LogP) is 6.56. The Labute approximate surface area is 167 Å². The molecular formula is C25H40O2. The zero-order chi connectivity index (χ0) is 20.9. The first-order valence-corrected chi connectivity index (χ1v) is 10.4. The summed E-state index contributed by atoms with van der Waals surface area (Å²) in [6.07, 6.45) is 6.08. The minimum atomic E-state index is 0.145. The Bertz CT molecular complexity index is 542. The van der Waals surface area contributed by atoms with Crippen LogP contribution < -0.4 is 0 Å². The van der Waals surface area contributed by atoms with Crippen molar-refractivity contribution in [3.05, 3.63) is 70.8 Å². The first-order valence-electron chi connectivity index (χ1n) is 10.4. The molecule has 0 saturated heterocycles. The van der Waals surface area contributed by atoms with Crippen LogP contribution in [0.15, 0.2) is 48.5 Å². The van der Waals surface area contributed by atoms with Gasteiger partial charge in [0.1, 0.15) is 6.29 Å². The molecule has 2 heteroatoms. The summed E-state index contributed by atoms with van der Waals surface area (Å²) >= 11 is 0. The molecule has 0 saturated carbocycles. The fourth-order valence-corrected chi connectivity index (χ4v) is 2.33. The molecule has 0 amide bonds. The highest BCUT2D eigenvalue weighted by atomic mass is 16.3. The lowest BCUT2D eigenvalue weighted by molar-refractivity contribution is -0.107. The van der Waals surface area contributed by atoms with Gasteiger partial charge in [-0.05, 0) is 35.1 Å². The van der Waals surface area contributed by atoms with E-state index < -0.39 is 0 Å². The summed E-state index contributed by atoms with van der Waals surface area (Å²) < 4.78 is 0. The number of hydrogen-bond donors (Lipinski definition) is 1. The summed E-state index contributed by atoms with van der Waals surface area (Å²) in [6, 6.07) is 16.4. The van der Waals surface area contributed by atoms with Crippen molar-refractivity contribution in [2.45, 2.75) is 80.3 Å². The number of aryl methyl sites for hydroxylation is 2. The molecule has 0 fully saturated rings. The molecule has 2 nitrogen and oxygen atoms in total. The van der Waals surface area contributed by atoms with Crippen LogP contribution in [0.2, 0.25) is 0 Å². The molecule has 0 aliphatic carbocycles. The van der Waals surface area contributed by atoms with Crippen molar-refractivity contribution >= 4 is 6.29 Å². The van der Waals surface area contributed by atoms with E-state index >= 15 is 0 Å². The first-order chi connectivity index (χ1) is 13.2. The standard InChI is InChI=1S/C11H14O.C10H14O.2C2H6/c1-2-3-10-4-6-11(7-5-10)8-9-12;1-2-3-9-4-6-10(8-11)7-5-9;2*1-2/h4-7,9H,2-3,8H2,1H3;4-7,11H,2-3,8H2,1H3;2*1-2H3. The van der Waals surface area contributed by atoms with Gasteiger partial charge in [0.2, 0.25) is 0 Å². The topological polar surface area (TPSA) is 37.3 Å². The van der Waals surface area contributed by atoms with E-state index in [0.717, 1.165) is 30.3 Å². The van der Waals surface area contributed by atoms with E-state index in [4.69, 9.17) is 5.11 Å². The lowest BCUT2D eigenvalue weighted by Gasteiger charge is -1.99. The van der Waals surface area contributed by atoms with Gasteiger partial charge in [-0.3, -0.25) is 0 Å². The Morgan fingerprint density at radius 3 is 1.30 bits per heavy atom. The number of aldehydes is 1. The second kappa shape index (κ2) is 20.4. The minimum Gasteiger partial charge on any atom is -0.392 e. The van der Waals surface area contributed by atoms with Crippen molar-refractivity contribution in [1.29, 1.82) is 0 Å². The highest BCUT2D eigenvalue weighted by Gasteiger charge is 1.92. The zero-order valence-corrected chi connectivity index (χ0v) is 18.3. The van der Waals surface area contributed by atoms with Crippen molar-refractivity contribution in [3.8, 4) is 0 Å². The molecule has 2 rings (SSSR count). The second-order valence-electron chi connectivity index (χ2n) is 5.66. The van der Waals surface area contributed by atoms with Crippen molar-refractivity contribution in [2.75, 3.05) is 0 Å². The highest BCUT2D eigenvalue weighted by Crippen LogP contribution is 2.07. The molecule has 2 aromatic carbocycles. The summed E-state index contributed by atoms with van der Waals surface area (Å²) in [5.41, 5.74) is 4.80. The van der Waals surface area contributed by atoms with Crippen molar-refractivity contribution in [2.24, 2.45) is 0 Å². The molecule has 0 aromatic heterocycles. The van der Waals surface area contributed by atoms with Crippen LogP contribution in [0.4, 0.5) is 0 Å². The van der Waals surface area contributed by atoms with Crippen molar-refractivity contribution < 1.29 is 9.90 Å². The first kappa shape index (κ1) is 27.3. The molecular weight excluding hydrogens is 332 g/mol. The third kappa shape index (κ3) is 13.9. The van der Waals surface area contributed by atoms with Crippen LogP contribution >= 0.6 is 0 Å². The summed E-state index contributed by atoms with van der Waals surface area (Å²) in [5.74, 6) is 0. The predicted molar refractivity (Wildman–Crippen MR) is 119 cm³/mol. The summed E-state index contributed by atoms with van der Waals surface area (Å²) in [6.45, 7) is 12.5. The molecule has 0 aliphatic heterocycles. The maximum absolute atomic E-state index is 10.2. The lowest BCUT2D eigenvalue weighted by atomic mass is 10.1. The van der Waals surface area contributed by atoms with Gasteiger partial charge in [-0.1, -0.05) is 103 Å². The summed E-state index contributed by atoms with van der Waals surface area (Å²) in [4.78, 5) is 10.2. The molecule has 0 bridgehead atoms. The fraction of sp³-hybridized carbons (Fsp3) is 0.480. The summed E-state index contributed by atoms with van der Waals surface area (Å²) in [7, 11) is 0. The smallest absolute Gasteiger partial charge is 0.124 e. The maximum Gasteiger partial charge on any atom is 0.124 e. The number of carbonyl (C=O) groups is 1. The van der Waals surface area contributed by atoms with Crippen LogP contribution in [0.5, 0.6) is 0 Å². The second-order valence-corrected chi connectivity index (χ2v) is 5.66. The summed E-state index contributed by atoms with van der Waals surface area (Å²) in [5, 5.41) is 8.76. The Kier molecular flexibility index (Phi) is 20.6. The Morgan fingerprint density at radius 2 is 1.00 bits per heavy atom. The molecule has 0 unspecified atom stereocenters. The van der Waals surface area contributed by atoms with Gasteiger partial charge in [0.05, 0.1) is 6.61 Å². The quantitative estimate of drug-likeness (QED) is 0.558. The van der Waals surface area contributed by atoms with E-state index in [0.29, 0.717) is 6.42 Å². The van der Waals surface area contributed by atoms with Gasteiger partial charge in [-0.2, -0.15) is 0 Å². The molecule has 0 radical (unpaired) electrons. The van der Waals surface area contributed by atoms with Crippen molar-refractivity contribution in [1.82, 2.24) is 0 Å². The molecule has 0 spiro atoms. The molecule has 2 aromatic rings. The zero-order valence-electron chi connectivity index (χ0n) is 18.3. The number of carbonyl (C=O) groups excluding carboxylic acids is 1. The number of aliphatic hydroxyl groups excluding tert-OH is 1. The number of benzene rings is 2. The minimum absolute atomic E-state index is 0.145. The van der Waals surface area contributed by atoms with Gasteiger partial charge in [-0.25, -0.2) is 0 Å². The number of aliphatic hydroxyl groups is 1. The van der Waals surface area contributed by atoms with E-state index in [-0.39, 0.29) is 6.61 Å². The third-order valence-corrected chi connectivity index (χ3v) is 3.62. The van der Waals surface area contributed by atoms with Gasteiger partial charge in [0, 0.05) is 6.42 Å². The van der Waals surface area contributed by atoms with E-state index in [1.54, 1.807) is 0 Å². The average Bonchev–Trinajstić information content (AvgIpc) is 2.74. The number of hydrogen-bond acceptors (Lipinski definition) is 2.